The first kappa shape index (κ1) is 10.8. The Morgan fingerprint density at radius 2 is 2.19 bits per heavy atom. The highest BCUT2D eigenvalue weighted by Gasteiger charge is 2.13. The van der Waals surface area contributed by atoms with Crippen molar-refractivity contribution in [3.05, 3.63) is 29.0 Å². The maximum atomic E-state index is 6.03. The van der Waals surface area contributed by atoms with Crippen molar-refractivity contribution in [2.24, 2.45) is 0 Å². The van der Waals surface area contributed by atoms with Gasteiger partial charge in [0.1, 0.15) is 11.5 Å². The van der Waals surface area contributed by atoms with Gasteiger partial charge in [-0.1, -0.05) is 22.8 Å². The number of nitrogens with zero attached hydrogens (tertiary/aromatic N) is 1. The average molecular weight is 239 g/mol. The summed E-state index contributed by atoms with van der Waals surface area (Å²) in [5, 5.41) is 4.22. The number of aromatic nitrogens is 1. The van der Waals surface area contributed by atoms with E-state index in [-0.39, 0.29) is 0 Å². The lowest BCUT2D eigenvalue weighted by molar-refractivity contribution is 0.401. The van der Waals surface area contributed by atoms with E-state index in [0.29, 0.717) is 22.4 Å². The molecule has 0 saturated carbocycles. The van der Waals surface area contributed by atoms with Gasteiger partial charge in [0.2, 0.25) is 0 Å². The van der Waals surface area contributed by atoms with E-state index >= 15 is 0 Å². The first-order chi connectivity index (χ1) is 7.63. The van der Waals surface area contributed by atoms with E-state index in [1.165, 1.54) is 0 Å². The van der Waals surface area contributed by atoms with Crippen LogP contribution in [-0.2, 0) is 0 Å². The van der Waals surface area contributed by atoms with Crippen molar-refractivity contribution in [2.45, 2.75) is 6.92 Å². The molecule has 4 nitrogen and oxygen atoms in total. The molecule has 1 aromatic carbocycles. The number of nitrogen functional groups attached to an aromatic ring is 1. The largest absolute Gasteiger partial charge is 0.495 e. The highest BCUT2D eigenvalue weighted by atomic mass is 35.5. The molecule has 0 aliphatic heterocycles. The lowest BCUT2D eigenvalue weighted by Gasteiger charge is -2.05. The Balaban J connectivity index is 2.53. The van der Waals surface area contributed by atoms with E-state index in [0.717, 1.165) is 11.1 Å². The summed E-state index contributed by atoms with van der Waals surface area (Å²) < 4.78 is 10.1. The van der Waals surface area contributed by atoms with E-state index in [1.54, 1.807) is 26.2 Å². The molecule has 1 aromatic heterocycles. The molecule has 0 amide bonds. The molecule has 0 spiro atoms. The zero-order valence-corrected chi connectivity index (χ0v) is 9.71. The lowest BCUT2D eigenvalue weighted by atomic mass is 10.1. The lowest BCUT2D eigenvalue weighted by Crippen LogP contribution is -1.90. The fourth-order valence-corrected chi connectivity index (χ4v) is 1.82. The molecule has 2 aromatic rings. The van der Waals surface area contributed by atoms with E-state index < -0.39 is 0 Å². The number of halogens is 1. The van der Waals surface area contributed by atoms with Crippen molar-refractivity contribution in [3.63, 3.8) is 0 Å². The van der Waals surface area contributed by atoms with Gasteiger partial charge in [-0.3, -0.25) is 0 Å². The molecule has 5 heteroatoms. The second-order valence-electron chi connectivity index (χ2n) is 3.35. The van der Waals surface area contributed by atoms with Crippen molar-refractivity contribution >= 4 is 17.4 Å². The van der Waals surface area contributed by atoms with Crippen LogP contribution in [0.1, 0.15) is 5.76 Å². The van der Waals surface area contributed by atoms with Crippen LogP contribution in [0.3, 0.4) is 0 Å². The monoisotopic (exact) mass is 238 g/mol. The van der Waals surface area contributed by atoms with Crippen LogP contribution in [0.4, 0.5) is 5.82 Å². The quantitative estimate of drug-likeness (QED) is 0.874. The van der Waals surface area contributed by atoms with Gasteiger partial charge in [-0.15, -0.1) is 0 Å². The van der Waals surface area contributed by atoms with Gasteiger partial charge in [0.25, 0.3) is 0 Å². The highest BCUT2D eigenvalue weighted by molar-refractivity contribution is 6.32. The second-order valence-corrected chi connectivity index (χ2v) is 3.76. The molecule has 0 saturated heterocycles. The number of nitrogens with two attached hydrogens (primary N) is 1. The summed E-state index contributed by atoms with van der Waals surface area (Å²) in [6.45, 7) is 1.80. The van der Waals surface area contributed by atoms with Crippen LogP contribution in [0, 0.1) is 6.92 Å². The van der Waals surface area contributed by atoms with Crippen molar-refractivity contribution in [1.82, 2.24) is 5.16 Å². The summed E-state index contributed by atoms with van der Waals surface area (Å²) in [5.41, 5.74) is 7.35. The molecule has 0 fully saturated rings. The van der Waals surface area contributed by atoms with Crippen molar-refractivity contribution in [1.29, 1.82) is 0 Å². The summed E-state index contributed by atoms with van der Waals surface area (Å²) in [6.07, 6.45) is 0. The molecule has 0 radical (unpaired) electrons. The van der Waals surface area contributed by atoms with Gasteiger partial charge in [-0.25, -0.2) is 0 Å². The van der Waals surface area contributed by atoms with Crippen LogP contribution < -0.4 is 10.5 Å². The van der Waals surface area contributed by atoms with Crippen LogP contribution in [0.25, 0.3) is 11.1 Å². The van der Waals surface area contributed by atoms with Gasteiger partial charge >= 0.3 is 0 Å². The Morgan fingerprint density at radius 1 is 1.44 bits per heavy atom. The minimum Gasteiger partial charge on any atom is -0.495 e. The number of rotatable bonds is 2. The molecular weight excluding hydrogens is 228 g/mol. The molecule has 84 valence electrons. The van der Waals surface area contributed by atoms with E-state index in [2.05, 4.69) is 5.16 Å². The summed E-state index contributed by atoms with van der Waals surface area (Å²) in [6, 6.07) is 5.42. The van der Waals surface area contributed by atoms with E-state index in [1.807, 2.05) is 6.07 Å². The number of ether oxygens (including phenoxy) is 1. The second kappa shape index (κ2) is 4.06. The molecule has 2 rings (SSSR count). The third-order valence-corrected chi connectivity index (χ3v) is 2.62. The molecule has 0 aliphatic carbocycles. The Labute approximate surface area is 97.9 Å². The Bertz CT molecular complexity index is 503. The van der Waals surface area contributed by atoms with Gasteiger partial charge < -0.3 is 15.0 Å². The smallest absolute Gasteiger partial charge is 0.175 e. The molecule has 1 heterocycles. The fraction of sp³-hybridized carbons (Fsp3) is 0.182. The molecule has 0 bridgehead atoms. The van der Waals surface area contributed by atoms with Crippen molar-refractivity contribution in [2.75, 3.05) is 12.8 Å². The zero-order chi connectivity index (χ0) is 11.7. The molecular formula is C11H11ClN2O2. The SMILES string of the molecule is COc1ccc(-c2c(N)noc2C)cc1Cl. The summed E-state index contributed by atoms with van der Waals surface area (Å²) >= 11 is 6.03. The third kappa shape index (κ3) is 1.72. The summed E-state index contributed by atoms with van der Waals surface area (Å²) in [5.74, 6) is 1.65. The predicted molar refractivity (Wildman–Crippen MR) is 62.7 cm³/mol. The topological polar surface area (TPSA) is 61.3 Å². The van der Waals surface area contributed by atoms with Gasteiger partial charge in [0.05, 0.1) is 17.7 Å². The van der Waals surface area contributed by atoms with Crippen LogP contribution in [0.5, 0.6) is 5.75 Å². The standard InChI is InChI=1S/C11H11ClN2O2/c1-6-10(11(13)14-16-6)7-3-4-9(15-2)8(12)5-7/h3-5H,1-2H3,(H2,13,14). The van der Waals surface area contributed by atoms with Crippen molar-refractivity contribution < 1.29 is 9.26 Å². The van der Waals surface area contributed by atoms with Crippen LogP contribution in [0.15, 0.2) is 22.7 Å². The number of methoxy groups -OCH3 is 1. The fourth-order valence-electron chi connectivity index (χ4n) is 1.56. The normalized spacial score (nSPS) is 10.4. The molecule has 0 atom stereocenters. The minimum absolute atomic E-state index is 0.360. The average Bonchev–Trinajstić information content (AvgIpc) is 2.58. The Morgan fingerprint density at radius 3 is 2.69 bits per heavy atom. The van der Waals surface area contributed by atoms with Gasteiger partial charge in [0, 0.05) is 0 Å². The van der Waals surface area contributed by atoms with Gasteiger partial charge in [0.15, 0.2) is 5.82 Å². The van der Waals surface area contributed by atoms with Gasteiger partial charge in [-0.05, 0) is 24.6 Å². The first-order valence-electron chi connectivity index (χ1n) is 4.69. The highest BCUT2D eigenvalue weighted by Crippen LogP contribution is 2.34. The number of hydrogen-bond donors (Lipinski definition) is 1. The van der Waals surface area contributed by atoms with E-state index in [4.69, 9.17) is 26.6 Å². The van der Waals surface area contributed by atoms with Crippen LogP contribution in [0.2, 0.25) is 5.02 Å². The number of anilines is 1. The van der Waals surface area contributed by atoms with Crippen molar-refractivity contribution in [3.8, 4) is 16.9 Å². The maximum Gasteiger partial charge on any atom is 0.175 e. The molecule has 0 aliphatic rings. The minimum atomic E-state index is 0.360. The number of benzene rings is 1. The summed E-state index contributed by atoms with van der Waals surface area (Å²) in [4.78, 5) is 0. The predicted octanol–water partition coefficient (Wildman–Crippen LogP) is 2.89. The third-order valence-electron chi connectivity index (χ3n) is 2.33. The van der Waals surface area contributed by atoms with Gasteiger partial charge in [-0.2, -0.15) is 0 Å². The molecule has 2 N–H and O–H groups in total. The van der Waals surface area contributed by atoms with Crippen LogP contribution in [-0.4, -0.2) is 12.3 Å². The maximum absolute atomic E-state index is 6.03. The first-order valence-corrected chi connectivity index (χ1v) is 5.07. The summed E-state index contributed by atoms with van der Waals surface area (Å²) in [7, 11) is 1.57. The zero-order valence-electron chi connectivity index (χ0n) is 8.95. The van der Waals surface area contributed by atoms with E-state index in [9.17, 15) is 0 Å². The molecule has 16 heavy (non-hydrogen) atoms. The molecule has 0 unspecified atom stereocenters. The number of hydrogen-bond acceptors (Lipinski definition) is 4. The number of aryl methyl sites for hydroxylation is 1. The Hall–Kier alpha value is -1.68. The van der Waals surface area contributed by atoms with Crippen LogP contribution >= 0.6 is 11.6 Å². The Kier molecular flexibility index (Phi) is 2.75.